The zero-order chi connectivity index (χ0) is 12.8. The Balaban J connectivity index is 1.69. The summed E-state index contributed by atoms with van der Waals surface area (Å²) in [5.74, 6) is 1.57. The highest BCUT2D eigenvalue weighted by Gasteiger charge is 2.21. The molecule has 0 aromatic heterocycles. The maximum atomic E-state index is 9.46. The monoisotopic (exact) mass is 249 g/mol. The van der Waals surface area contributed by atoms with Crippen molar-refractivity contribution in [3.05, 3.63) is 29.8 Å². The fraction of sp³-hybridized carbons (Fsp3) is 0.600. The quantitative estimate of drug-likeness (QED) is 0.813. The average Bonchev–Trinajstić information content (AvgIpc) is 2.78. The van der Waals surface area contributed by atoms with Gasteiger partial charge >= 0.3 is 0 Å². The lowest BCUT2D eigenvalue weighted by Crippen LogP contribution is -2.21. The summed E-state index contributed by atoms with van der Waals surface area (Å²) in [7, 11) is 0. The number of hydrogen-bond acceptors (Lipinski definition) is 3. The normalized spacial score (nSPS) is 23.2. The number of benzene rings is 1. The molecule has 1 saturated carbocycles. The minimum Gasteiger partial charge on any atom is -0.494 e. The molecule has 18 heavy (non-hydrogen) atoms. The third kappa shape index (κ3) is 4.00. The highest BCUT2D eigenvalue weighted by molar-refractivity contribution is 5.27. The zero-order valence-corrected chi connectivity index (χ0v) is 11.1. The summed E-state index contributed by atoms with van der Waals surface area (Å²) in [6.45, 7) is 4.59. The van der Waals surface area contributed by atoms with Crippen molar-refractivity contribution in [3.63, 3.8) is 0 Å². The summed E-state index contributed by atoms with van der Waals surface area (Å²) in [4.78, 5) is 0. The van der Waals surface area contributed by atoms with Crippen LogP contribution in [-0.4, -0.2) is 24.4 Å². The van der Waals surface area contributed by atoms with Crippen molar-refractivity contribution in [1.29, 1.82) is 0 Å². The van der Waals surface area contributed by atoms with E-state index in [2.05, 4.69) is 17.4 Å². The van der Waals surface area contributed by atoms with Gasteiger partial charge in [-0.3, -0.25) is 0 Å². The fourth-order valence-corrected chi connectivity index (χ4v) is 2.52. The van der Waals surface area contributed by atoms with Gasteiger partial charge in [-0.15, -0.1) is 0 Å². The molecule has 3 heteroatoms. The van der Waals surface area contributed by atoms with Crippen molar-refractivity contribution in [3.8, 4) is 5.75 Å². The van der Waals surface area contributed by atoms with E-state index in [-0.39, 0.29) is 6.10 Å². The molecule has 2 N–H and O–H groups in total. The largest absolute Gasteiger partial charge is 0.494 e. The Hall–Kier alpha value is -1.06. The molecule has 100 valence electrons. The van der Waals surface area contributed by atoms with Gasteiger partial charge in [0, 0.05) is 6.54 Å². The maximum absolute atomic E-state index is 9.46. The van der Waals surface area contributed by atoms with Crippen LogP contribution in [0, 0.1) is 5.92 Å². The zero-order valence-electron chi connectivity index (χ0n) is 11.1. The molecule has 0 radical (unpaired) electrons. The van der Waals surface area contributed by atoms with Crippen LogP contribution < -0.4 is 10.1 Å². The van der Waals surface area contributed by atoms with Crippen LogP contribution in [0.3, 0.4) is 0 Å². The van der Waals surface area contributed by atoms with Gasteiger partial charge in [-0.1, -0.05) is 12.1 Å². The first-order valence-corrected chi connectivity index (χ1v) is 6.88. The van der Waals surface area contributed by atoms with E-state index in [1.165, 1.54) is 5.56 Å². The first-order valence-electron chi connectivity index (χ1n) is 6.88. The van der Waals surface area contributed by atoms with Crippen LogP contribution in [0.25, 0.3) is 0 Å². The van der Waals surface area contributed by atoms with E-state index in [0.717, 1.165) is 38.1 Å². The van der Waals surface area contributed by atoms with E-state index in [9.17, 15) is 5.11 Å². The number of nitrogens with one attached hydrogen (secondary N) is 1. The van der Waals surface area contributed by atoms with Crippen molar-refractivity contribution >= 4 is 0 Å². The molecule has 2 unspecified atom stereocenters. The molecule has 3 nitrogen and oxygen atoms in total. The lowest BCUT2D eigenvalue weighted by molar-refractivity contribution is 0.177. The standard InChI is InChI=1S/C15H23NO2/c1-2-18-15-7-4-12(5-8-15)10-16-11-13-3-6-14(17)9-13/h4-5,7-8,13-14,16-17H,2-3,6,9-11H2,1H3. The van der Waals surface area contributed by atoms with Crippen LogP contribution in [0.4, 0.5) is 0 Å². The number of aliphatic hydroxyl groups excluding tert-OH is 1. The smallest absolute Gasteiger partial charge is 0.119 e. The lowest BCUT2D eigenvalue weighted by Gasteiger charge is -2.11. The summed E-state index contributed by atoms with van der Waals surface area (Å²) >= 11 is 0. The fourth-order valence-electron chi connectivity index (χ4n) is 2.52. The Kier molecular flexibility index (Phi) is 5.02. The highest BCUT2D eigenvalue weighted by Crippen LogP contribution is 2.24. The summed E-state index contributed by atoms with van der Waals surface area (Å²) in [6.07, 6.45) is 3.01. The minimum absolute atomic E-state index is 0.0673. The van der Waals surface area contributed by atoms with Crippen molar-refractivity contribution < 1.29 is 9.84 Å². The van der Waals surface area contributed by atoms with Crippen molar-refractivity contribution in [2.75, 3.05) is 13.2 Å². The molecule has 0 bridgehead atoms. The molecule has 0 spiro atoms. The van der Waals surface area contributed by atoms with Crippen LogP contribution in [0.1, 0.15) is 31.7 Å². The first kappa shape index (κ1) is 13.4. The summed E-state index contributed by atoms with van der Waals surface area (Å²) in [5.41, 5.74) is 1.27. The molecule has 0 saturated heterocycles. The Morgan fingerprint density at radius 3 is 2.67 bits per heavy atom. The van der Waals surface area contributed by atoms with Gasteiger partial charge in [-0.25, -0.2) is 0 Å². The molecule has 2 rings (SSSR count). The van der Waals surface area contributed by atoms with E-state index < -0.39 is 0 Å². The topological polar surface area (TPSA) is 41.5 Å². The average molecular weight is 249 g/mol. The van der Waals surface area contributed by atoms with Crippen LogP contribution in [-0.2, 0) is 6.54 Å². The Morgan fingerprint density at radius 1 is 1.28 bits per heavy atom. The highest BCUT2D eigenvalue weighted by atomic mass is 16.5. The molecular formula is C15H23NO2. The Bertz CT molecular complexity index is 350. The van der Waals surface area contributed by atoms with Gasteiger partial charge in [0.15, 0.2) is 0 Å². The van der Waals surface area contributed by atoms with Gasteiger partial charge in [-0.2, -0.15) is 0 Å². The van der Waals surface area contributed by atoms with Crippen LogP contribution in [0.5, 0.6) is 5.75 Å². The third-order valence-corrected chi connectivity index (χ3v) is 3.51. The molecule has 2 atom stereocenters. The molecule has 0 aliphatic heterocycles. The molecule has 1 aliphatic carbocycles. The van der Waals surface area contributed by atoms with Gasteiger partial charge < -0.3 is 15.2 Å². The summed E-state index contributed by atoms with van der Waals surface area (Å²) in [5, 5.41) is 12.9. The second-order valence-corrected chi connectivity index (χ2v) is 5.04. The maximum Gasteiger partial charge on any atom is 0.119 e. The van der Waals surface area contributed by atoms with Gasteiger partial charge in [0.2, 0.25) is 0 Å². The number of aliphatic hydroxyl groups is 1. The van der Waals surface area contributed by atoms with Gasteiger partial charge in [0.25, 0.3) is 0 Å². The van der Waals surface area contributed by atoms with Gasteiger partial charge in [0.1, 0.15) is 5.75 Å². The number of ether oxygens (including phenoxy) is 1. The van der Waals surface area contributed by atoms with Gasteiger partial charge in [-0.05, 0) is 56.3 Å². The molecule has 1 aliphatic rings. The molecular weight excluding hydrogens is 226 g/mol. The predicted octanol–water partition coefficient (Wildman–Crippen LogP) is 2.34. The SMILES string of the molecule is CCOc1ccc(CNCC2CCC(O)C2)cc1. The van der Waals surface area contributed by atoms with Gasteiger partial charge in [0.05, 0.1) is 12.7 Å². The minimum atomic E-state index is -0.0673. The molecule has 0 heterocycles. The molecule has 1 fully saturated rings. The van der Waals surface area contributed by atoms with E-state index in [4.69, 9.17) is 4.74 Å². The molecule has 1 aromatic carbocycles. The van der Waals surface area contributed by atoms with Crippen molar-refractivity contribution in [2.24, 2.45) is 5.92 Å². The lowest BCUT2D eigenvalue weighted by atomic mass is 10.1. The molecule has 0 amide bonds. The van der Waals surface area contributed by atoms with Crippen LogP contribution in [0.2, 0.25) is 0 Å². The third-order valence-electron chi connectivity index (χ3n) is 3.51. The first-order chi connectivity index (χ1) is 8.78. The van der Waals surface area contributed by atoms with E-state index in [1.807, 2.05) is 19.1 Å². The summed E-state index contributed by atoms with van der Waals surface area (Å²) in [6, 6.07) is 8.22. The number of rotatable bonds is 6. The van der Waals surface area contributed by atoms with Crippen LogP contribution >= 0.6 is 0 Å². The Morgan fingerprint density at radius 2 is 2.06 bits per heavy atom. The molecule has 1 aromatic rings. The van der Waals surface area contributed by atoms with E-state index in [1.54, 1.807) is 0 Å². The van der Waals surface area contributed by atoms with Crippen LogP contribution in [0.15, 0.2) is 24.3 Å². The summed E-state index contributed by atoms with van der Waals surface area (Å²) < 4.78 is 5.41. The number of hydrogen-bond donors (Lipinski definition) is 2. The second kappa shape index (κ2) is 6.76. The van der Waals surface area contributed by atoms with Crippen molar-refractivity contribution in [1.82, 2.24) is 5.32 Å². The van der Waals surface area contributed by atoms with Crippen molar-refractivity contribution in [2.45, 2.75) is 38.8 Å². The Labute approximate surface area is 109 Å². The van der Waals surface area contributed by atoms with E-state index in [0.29, 0.717) is 12.5 Å². The van der Waals surface area contributed by atoms with E-state index >= 15 is 0 Å². The second-order valence-electron chi connectivity index (χ2n) is 5.04. The predicted molar refractivity (Wildman–Crippen MR) is 72.7 cm³/mol.